The van der Waals surface area contributed by atoms with Gasteiger partial charge in [0.05, 0.1) is 18.8 Å². The second-order valence-electron chi connectivity index (χ2n) is 16.9. The minimum atomic E-state index is -4.54. The maximum Gasteiger partial charge on any atom is 0.470 e. The highest BCUT2D eigenvalue weighted by Crippen LogP contribution is 2.51. The molecule has 2 aliphatic carbocycles. The maximum absolute atomic E-state index is 13.2. The van der Waals surface area contributed by atoms with Crippen molar-refractivity contribution in [2.45, 2.75) is 107 Å². The molecule has 0 spiro atoms. The van der Waals surface area contributed by atoms with Gasteiger partial charge in [0, 0.05) is 12.6 Å². The Morgan fingerprint density at radius 1 is 0.772 bits per heavy atom. The molecule has 0 bridgehead atoms. The minimum absolute atomic E-state index is 0.131. The van der Waals surface area contributed by atoms with Gasteiger partial charge in [-0.15, -0.1) is 0 Å². The van der Waals surface area contributed by atoms with Crippen LogP contribution >= 0.6 is 15.4 Å². The third kappa shape index (κ3) is 17.6. The molecular formula is C48H66O7P2. The average molecular weight is 817 g/mol. The lowest BCUT2D eigenvalue weighted by Gasteiger charge is -2.40. The molecule has 0 saturated heterocycles. The summed E-state index contributed by atoms with van der Waals surface area (Å²) in [5.74, 6) is 0.145. The summed E-state index contributed by atoms with van der Waals surface area (Å²) in [7, 11) is -7.75. The molecule has 9 heteroatoms. The van der Waals surface area contributed by atoms with Gasteiger partial charge in [-0.2, -0.15) is 0 Å². The SMILES string of the molecule is CC1=CC(OP(=O)(O)O)CC(C)(C)C1/C=C/C(C)=C/C=C/C(C)=C/C=C/C=C(C)/C=C/C=C(C)/C=C/C1=C(C)CC(OP(C)(=O)OCc2ccccc2)CC1(C)C. The number of phosphoric acid groups is 1. The van der Waals surface area contributed by atoms with Gasteiger partial charge in [-0.25, -0.2) is 4.57 Å². The second-order valence-corrected chi connectivity index (χ2v) is 20.1. The first-order valence-corrected chi connectivity index (χ1v) is 23.2. The lowest BCUT2D eigenvalue weighted by atomic mass is 9.67. The van der Waals surface area contributed by atoms with Gasteiger partial charge in [-0.1, -0.05) is 183 Å². The van der Waals surface area contributed by atoms with E-state index in [-0.39, 0.29) is 29.5 Å². The summed E-state index contributed by atoms with van der Waals surface area (Å²) in [5.41, 5.74) is 8.74. The summed E-state index contributed by atoms with van der Waals surface area (Å²) in [6.07, 6.45) is 32.4. The Morgan fingerprint density at radius 3 is 1.86 bits per heavy atom. The van der Waals surface area contributed by atoms with E-state index in [1.165, 1.54) is 11.1 Å². The van der Waals surface area contributed by atoms with Gasteiger partial charge >= 0.3 is 15.4 Å². The lowest BCUT2D eigenvalue weighted by molar-refractivity contribution is 0.0999. The van der Waals surface area contributed by atoms with Crippen LogP contribution in [0, 0.1) is 16.7 Å². The first-order valence-electron chi connectivity index (χ1n) is 19.7. The van der Waals surface area contributed by atoms with E-state index in [4.69, 9.17) is 13.6 Å². The van der Waals surface area contributed by atoms with Crippen LogP contribution in [0.3, 0.4) is 0 Å². The van der Waals surface area contributed by atoms with E-state index in [0.29, 0.717) is 6.42 Å². The Kier molecular flexibility index (Phi) is 18.2. The molecule has 57 heavy (non-hydrogen) atoms. The zero-order chi connectivity index (χ0) is 42.4. The molecule has 0 fully saturated rings. The van der Waals surface area contributed by atoms with Crippen molar-refractivity contribution in [3.8, 4) is 0 Å². The Bertz CT molecular complexity index is 1970. The molecule has 310 valence electrons. The number of hydrogen-bond acceptors (Lipinski definition) is 5. The van der Waals surface area contributed by atoms with Gasteiger partial charge in [0.15, 0.2) is 0 Å². The molecule has 0 radical (unpaired) electrons. The van der Waals surface area contributed by atoms with Crippen LogP contribution in [0.5, 0.6) is 0 Å². The first-order chi connectivity index (χ1) is 26.5. The van der Waals surface area contributed by atoms with Crippen LogP contribution in [0.1, 0.15) is 94.1 Å². The summed E-state index contributed by atoms with van der Waals surface area (Å²) in [4.78, 5) is 18.5. The van der Waals surface area contributed by atoms with Crippen LogP contribution in [-0.2, 0) is 29.3 Å². The summed E-state index contributed by atoms with van der Waals surface area (Å²) in [6, 6.07) is 9.74. The summed E-state index contributed by atoms with van der Waals surface area (Å²) >= 11 is 0. The normalized spacial score (nSPS) is 24.1. The van der Waals surface area contributed by atoms with Gasteiger partial charge in [-0.05, 0) is 82.8 Å². The smallest absolute Gasteiger partial charge is 0.305 e. The Labute approximate surface area is 343 Å². The summed E-state index contributed by atoms with van der Waals surface area (Å²) in [5, 5.41) is 0. The van der Waals surface area contributed by atoms with Crippen molar-refractivity contribution in [1.29, 1.82) is 0 Å². The van der Waals surface area contributed by atoms with Crippen molar-refractivity contribution >= 4 is 15.4 Å². The van der Waals surface area contributed by atoms with Crippen molar-refractivity contribution in [3.05, 3.63) is 166 Å². The van der Waals surface area contributed by atoms with Crippen LogP contribution in [0.2, 0.25) is 0 Å². The number of phosphoric ester groups is 1. The van der Waals surface area contributed by atoms with Crippen LogP contribution in [-0.4, -0.2) is 28.7 Å². The fourth-order valence-electron chi connectivity index (χ4n) is 7.47. The molecule has 3 rings (SSSR count). The largest absolute Gasteiger partial charge is 0.470 e. The summed E-state index contributed by atoms with van der Waals surface area (Å²) in [6.45, 7) is 22.9. The molecule has 1 aromatic carbocycles. The zero-order valence-electron chi connectivity index (χ0n) is 35.9. The van der Waals surface area contributed by atoms with E-state index in [9.17, 15) is 18.9 Å². The standard InChI is InChI=1S/C48H66O7P2/c1-36(19-15-16-20-37(2)22-18-24-39(4)28-30-46-41(6)32-44(34-48(46,9)10)55-57(50,51)52)21-17-23-38(3)27-29-45-40(5)31-43(33-47(45,7)8)54-56(11,49)53-35-42-25-13-12-14-26-42/h12-30,32,43-44,46H,31,33-35H2,1-11H3,(H2,50,51,52)/b16-15+,21-17+,22-18+,29-27+,30-28+,36-19+,37-20+,38-23+,39-24+. The molecule has 0 saturated carbocycles. The van der Waals surface area contributed by atoms with E-state index < -0.39 is 21.5 Å². The van der Waals surface area contributed by atoms with E-state index in [2.05, 4.69) is 129 Å². The van der Waals surface area contributed by atoms with Crippen molar-refractivity contribution in [2.75, 3.05) is 6.66 Å². The van der Waals surface area contributed by atoms with Crippen LogP contribution in [0.25, 0.3) is 0 Å². The molecule has 0 aliphatic heterocycles. The Morgan fingerprint density at radius 2 is 1.32 bits per heavy atom. The van der Waals surface area contributed by atoms with Crippen molar-refractivity contribution < 1.29 is 32.5 Å². The fourth-order valence-corrected chi connectivity index (χ4v) is 9.09. The highest BCUT2D eigenvalue weighted by atomic mass is 31.2. The van der Waals surface area contributed by atoms with Gasteiger partial charge in [0.25, 0.3) is 0 Å². The Balaban J connectivity index is 1.50. The molecule has 4 atom stereocenters. The lowest BCUT2D eigenvalue weighted by Crippen LogP contribution is -2.33. The monoisotopic (exact) mass is 816 g/mol. The topological polar surface area (TPSA) is 102 Å². The number of allylic oxidation sites excluding steroid dienone is 20. The predicted octanol–water partition coefficient (Wildman–Crippen LogP) is 13.6. The zero-order valence-corrected chi connectivity index (χ0v) is 37.7. The van der Waals surface area contributed by atoms with Gasteiger partial charge in [0.2, 0.25) is 0 Å². The van der Waals surface area contributed by atoms with Crippen molar-refractivity contribution in [2.24, 2.45) is 16.7 Å². The number of benzene rings is 1. The maximum atomic E-state index is 13.2. The molecule has 4 unspecified atom stereocenters. The highest BCUT2D eigenvalue weighted by molar-refractivity contribution is 7.52. The van der Waals surface area contributed by atoms with Gasteiger partial charge in [-0.3, -0.25) is 9.09 Å². The molecule has 0 amide bonds. The van der Waals surface area contributed by atoms with E-state index >= 15 is 0 Å². The van der Waals surface area contributed by atoms with Gasteiger partial charge < -0.3 is 18.8 Å². The number of hydrogen-bond donors (Lipinski definition) is 2. The molecular weight excluding hydrogens is 750 g/mol. The molecule has 2 aliphatic rings. The molecule has 0 heterocycles. The third-order valence-electron chi connectivity index (χ3n) is 10.2. The fraction of sp³-hybridized carbons (Fsp3) is 0.417. The van der Waals surface area contributed by atoms with Crippen molar-refractivity contribution in [1.82, 2.24) is 0 Å². The molecule has 7 nitrogen and oxygen atoms in total. The second kappa shape index (κ2) is 21.6. The predicted molar refractivity (Wildman–Crippen MR) is 239 cm³/mol. The van der Waals surface area contributed by atoms with Gasteiger partial charge in [0.1, 0.15) is 0 Å². The first kappa shape index (κ1) is 48.0. The molecule has 0 aromatic heterocycles. The minimum Gasteiger partial charge on any atom is -0.305 e. The van der Waals surface area contributed by atoms with Crippen LogP contribution < -0.4 is 0 Å². The van der Waals surface area contributed by atoms with E-state index in [0.717, 1.165) is 46.3 Å². The van der Waals surface area contributed by atoms with E-state index in [1.807, 2.05) is 61.6 Å². The molecule has 2 N–H and O–H groups in total. The quantitative estimate of drug-likeness (QED) is 0.0917. The Hall–Kier alpha value is -3.38. The summed E-state index contributed by atoms with van der Waals surface area (Å²) < 4.78 is 41.3. The highest BCUT2D eigenvalue weighted by Gasteiger charge is 2.38. The number of rotatable bonds is 17. The van der Waals surface area contributed by atoms with E-state index in [1.54, 1.807) is 6.66 Å². The van der Waals surface area contributed by atoms with Crippen LogP contribution in [0.15, 0.2) is 160 Å². The average Bonchev–Trinajstić information content (AvgIpc) is 3.07. The third-order valence-corrected chi connectivity index (χ3v) is 12.0. The van der Waals surface area contributed by atoms with Crippen LogP contribution in [0.4, 0.5) is 0 Å². The molecule has 1 aromatic rings. The van der Waals surface area contributed by atoms with Crippen molar-refractivity contribution in [3.63, 3.8) is 0 Å².